The summed E-state index contributed by atoms with van der Waals surface area (Å²) in [7, 11) is -3.85. The van der Waals surface area contributed by atoms with E-state index in [2.05, 4.69) is 10.6 Å². The van der Waals surface area contributed by atoms with E-state index >= 15 is 0 Å². The van der Waals surface area contributed by atoms with E-state index in [1.54, 1.807) is 30.3 Å². The van der Waals surface area contributed by atoms with Crippen LogP contribution in [0.25, 0.3) is 0 Å². The van der Waals surface area contributed by atoms with Gasteiger partial charge in [0.05, 0.1) is 4.90 Å². The number of nitrogens with one attached hydrogen (secondary N) is 2. The van der Waals surface area contributed by atoms with Crippen LogP contribution in [0.2, 0.25) is 0 Å². The Balaban J connectivity index is 1.99. The van der Waals surface area contributed by atoms with Gasteiger partial charge in [-0.05, 0) is 61.8 Å². The number of amides is 2. The van der Waals surface area contributed by atoms with Gasteiger partial charge in [-0.15, -0.1) is 0 Å². The molecule has 0 aliphatic rings. The number of carbonyl (C=O) groups is 3. The molecule has 0 fully saturated rings. The van der Waals surface area contributed by atoms with Crippen molar-refractivity contribution in [1.82, 2.24) is 5.32 Å². The molecule has 0 heterocycles. The zero-order valence-corrected chi connectivity index (χ0v) is 19.2. The molecule has 0 aliphatic carbocycles. The number of sulfonamides is 1. The molecule has 172 valence electrons. The first-order chi connectivity index (χ1) is 15.1. The predicted octanol–water partition coefficient (Wildman–Crippen LogP) is 1.76. The summed E-state index contributed by atoms with van der Waals surface area (Å²) in [5.41, 5.74) is 0.713. The zero-order valence-electron chi connectivity index (χ0n) is 17.6. The van der Waals surface area contributed by atoms with Gasteiger partial charge < -0.3 is 15.4 Å². The first-order valence-electron chi connectivity index (χ1n) is 9.61. The maximum atomic E-state index is 12.6. The molecular weight excluding hydrogens is 454 g/mol. The highest BCUT2D eigenvalue weighted by Gasteiger charge is 2.26. The van der Waals surface area contributed by atoms with Crippen molar-refractivity contribution < 1.29 is 27.5 Å². The minimum atomic E-state index is -3.85. The summed E-state index contributed by atoms with van der Waals surface area (Å²) in [4.78, 5) is 37.3. The molecule has 9 nitrogen and oxygen atoms in total. The van der Waals surface area contributed by atoms with Gasteiger partial charge in [0.15, 0.2) is 6.10 Å². The fourth-order valence-electron chi connectivity index (χ4n) is 2.60. The monoisotopic (exact) mass is 479 g/mol. The number of benzene rings is 2. The second-order valence-electron chi connectivity index (χ2n) is 6.81. The Morgan fingerprint density at radius 2 is 1.69 bits per heavy atom. The molecule has 0 bridgehead atoms. The maximum Gasteiger partial charge on any atom is 0.329 e. The van der Waals surface area contributed by atoms with Gasteiger partial charge in [-0.1, -0.05) is 18.2 Å². The standard InChI is InChI=1S/C21H25N3O6S2/c1-14(19(25)23-16-8-10-17(11-9-16)32(22,28)29)30-21(27)18(12-13-31-2)24-20(26)15-6-4-3-5-7-15/h3-11,14,18H,12-13H2,1-2H3,(H,23,25)(H,24,26)(H2,22,28,29)/t14-,18+/m0/s1. The van der Waals surface area contributed by atoms with Crippen LogP contribution in [-0.4, -0.2) is 50.4 Å². The fraction of sp³-hybridized carbons (Fsp3) is 0.286. The lowest BCUT2D eigenvalue weighted by molar-refractivity contribution is -0.155. The Bertz CT molecular complexity index is 1040. The molecule has 0 spiro atoms. The minimum absolute atomic E-state index is 0.0965. The molecule has 4 N–H and O–H groups in total. The number of nitrogens with two attached hydrogens (primary N) is 1. The van der Waals surface area contributed by atoms with Crippen LogP contribution in [0.4, 0.5) is 5.69 Å². The second kappa shape index (κ2) is 11.7. The van der Waals surface area contributed by atoms with Crippen LogP contribution in [0.3, 0.4) is 0 Å². The summed E-state index contributed by atoms with van der Waals surface area (Å²) in [6.07, 6.45) is 1.06. The molecule has 32 heavy (non-hydrogen) atoms. The van der Waals surface area contributed by atoms with Crippen LogP contribution in [0.5, 0.6) is 0 Å². The Morgan fingerprint density at radius 3 is 2.25 bits per heavy atom. The van der Waals surface area contributed by atoms with Gasteiger partial charge in [-0.3, -0.25) is 9.59 Å². The lowest BCUT2D eigenvalue weighted by atomic mass is 10.1. The van der Waals surface area contributed by atoms with Crippen LogP contribution in [0, 0.1) is 0 Å². The molecule has 0 radical (unpaired) electrons. The fourth-order valence-corrected chi connectivity index (χ4v) is 3.58. The Kier molecular flexibility index (Phi) is 9.24. The molecule has 0 unspecified atom stereocenters. The van der Waals surface area contributed by atoms with Crippen LogP contribution < -0.4 is 15.8 Å². The van der Waals surface area contributed by atoms with Crippen molar-refractivity contribution in [3.05, 3.63) is 60.2 Å². The van der Waals surface area contributed by atoms with E-state index in [0.717, 1.165) is 0 Å². The molecule has 11 heteroatoms. The first kappa shape index (κ1) is 25.4. The molecule has 2 rings (SSSR count). The molecule has 0 aromatic heterocycles. The van der Waals surface area contributed by atoms with Crippen molar-refractivity contribution in [1.29, 1.82) is 0 Å². The Labute approximate surface area is 191 Å². The molecule has 2 aromatic carbocycles. The van der Waals surface area contributed by atoms with E-state index in [1.165, 1.54) is 43.0 Å². The third-order valence-electron chi connectivity index (χ3n) is 4.35. The quantitative estimate of drug-likeness (QED) is 0.440. The number of anilines is 1. The van der Waals surface area contributed by atoms with E-state index in [1.807, 2.05) is 6.26 Å². The maximum absolute atomic E-state index is 12.6. The zero-order chi connectivity index (χ0) is 23.7. The number of esters is 1. The van der Waals surface area contributed by atoms with E-state index in [4.69, 9.17) is 9.88 Å². The van der Waals surface area contributed by atoms with Crippen LogP contribution >= 0.6 is 11.8 Å². The molecule has 0 aliphatic heterocycles. The summed E-state index contributed by atoms with van der Waals surface area (Å²) in [6.45, 7) is 1.40. The van der Waals surface area contributed by atoms with E-state index < -0.39 is 40.0 Å². The summed E-state index contributed by atoms with van der Waals surface area (Å²) in [5, 5.41) is 10.2. The predicted molar refractivity (Wildman–Crippen MR) is 123 cm³/mol. The van der Waals surface area contributed by atoms with Crippen LogP contribution in [0.15, 0.2) is 59.5 Å². The third-order valence-corrected chi connectivity index (χ3v) is 5.92. The topological polar surface area (TPSA) is 145 Å². The van der Waals surface area contributed by atoms with Crippen molar-refractivity contribution in [2.75, 3.05) is 17.3 Å². The van der Waals surface area contributed by atoms with Gasteiger partial charge >= 0.3 is 5.97 Å². The second-order valence-corrected chi connectivity index (χ2v) is 9.36. The first-order valence-corrected chi connectivity index (χ1v) is 12.5. The average Bonchev–Trinajstić information content (AvgIpc) is 2.76. The van der Waals surface area contributed by atoms with E-state index in [0.29, 0.717) is 23.4 Å². The lowest BCUT2D eigenvalue weighted by Crippen LogP contribution is -2.44. The van der Waals surface area contributed by atoms with Gasteiger partial charge in [-0.2, -0.15) is 11.8 Å². The number of hydrogen-bond donors (Lipinski definition) is 3. The van der Waals surface area contributed by atoms with Crippen molar-refractivity contribution >= 4 is 45.3 Å². The lowest BCUT2D eigenvalue weighted by Gasteiger charge is -2.20. The summed E-state index contributed by atoms with van der Waals surface area (Å²) in [5.74, 6) is -1.15. The van der Waals surface area contributed by atoms with Crippen molar-refractivity contribution in [2.24, 2.45) is 5.14 Å². The average molecular weight is 480 g/mol. The minimum Gasteiger partial charge on any atom is -0.451 e. The number of primary sulfonamides is 1. The number of thioether (sulfide) groups is 1. The van der Waals surface area contributed by atoms with Crippen molar-refractivity contribution in [3.63, 3.8) is 0 Å². The SMILES string of the molecule is CSCC[C@@H](NC(=O)c1ccccc1)C(=O)O[C@@H](C)C(=O)Nc1ccc(S(N)(=O)=O)cc1. The number of carbonyl (C=O) groups excluding carboxylic acids is 3. The summed E-state index contributed by atoms with van der Waals surface area (Å²) < 4.78 is 27.9. The Morgan fingerprint density at radius 1 is 1.06 bits per heavy atom. The van der Waals surface area contributed by atoms with E-state index in [9.17, 15) is 22.8 Å². The Hall–Kier alpha value is -2.89. The van der Waals surface area contributed by atoms with Gasteiger partial charge in [-0.25, -0.2) is 18.4 Å². The molecule has 2 aromatic rings. The van der Waals surface area contributed by atoms with Crippen molar-refractivity contribution in [2.45, 2.75) is 30.4 Å². The van der Waals surface area contributed by atoms with Gasteiger partial charge in [0.25, 0.3) is 11.8 Å². The summed E-state index contributed by atoms with van der Waals surface area (Å²) in [6, 6.07) is 12.8. The van der Waals surface area contributed by atoms with Crippen LogP contribution in [0.1, 0.15) is 23.7 Å². The van der Waals surface area contributed by atoms with Gasteiger partial charge in [0.1, 0.15) is 6.04 Å². The number of rotatable bonds is 10. The highest BCUT2D eigenvalue weighted by atomic mass is 32.2. The number of ether oxygens (including phenoxy) is 1. The van der Waals surface area contributed by atoms with Gasteiger partial charge in [0.2, 0.25) is 10.0 Å². The molecule has 2 atom stereocenters. The molecule has 0 saturated carbocycles. The van der Waals surface area contributed by atoms with Crippen LogP contribution in [-0.2, 0) is 24.3 Å². The van der Waals surface area contributed by atoms with Crippen molar-refractivity contribution in [3.8, 4) is 0 Å². The van der Waals surface area contributed by atoms with Gasteiger partial charge in [0, 0.05) is 11.3 Å². The summed E-state index contributed by atoms with van der Waals surface area (Å²) >= 11 is 1.51. The van der Waals surface area contributed by atoms with E-state index in [-0.39, 0.29) is 4.90 Å². The molecular formula is C21H25N3O6S2. The normalized spacial score (nSPS) is 13.0. The highest BCUT2D eigenvalue weighted by Crippen LogP contribution is 2.14. The molecule has 2 amide bonds. The highest BCUT2D eigenvalue weighted by molar-refractivity contribution is 7.98. The smallest absolute Gasteiger partial charge is 0.329 e. The molecule has 0 saturated heterocycles. The third kappa shape index (κ3) is 7.66. The number of hydrogen-bond acceptors (Lipinski definition) is 7. The largest absolute Gasteiger partial charge is 0.451 e.